The van der Waals surface area contributed by atoms with E-state index in [0.29, 0.717) is 11.1 Å². The van der Waals surface area contributed by atoms with Gasteiger partial charge in [0.05, 0.1) is 12.5 Å². The number of carbonyl (C=O) groups excluding carboxylic acids is 10. The van der Waals surface area contributed by atoms with Crippen molar-refractivity contribution in [1.29, 1.82) is 0 Å². The maximum Gasteiger partial charge on any atom is 0.408 e. The minimum Gasteiger partial charge on any atom is -0.508 e. The average Bonchev–Trinajstić information content (AvgIpc) is 3.73. The number of aromatic hydroxyl groups is 1. The van der Waals surface area contributed by atoms with Gasteiger partial charge in [-0.25, -0.2) is 4.79 Å². The maximum absolute atomic E-state index is 14.2. The number of carbonyl (C=O) groups is 11. The number of carboxylic acid groups (broad SMARTS) is 1. The first-order chi connectivity index (χ1) is 40.0. The minimum atomic E-state index is -1.61. The highest BCUT2D eigenvalue weighted by molar-refractivity contribution is 5.98. The highest BCUT2D eigenvalue weighted by atomic mass is 16.6. The van der Waals surface area contributed by atoms with Crippen LogP contribution in [-0.2, 0) is 76.7 Å². The molecule has 1 heterocycles. The number of esters is 1. The van der Waals surface area contributed by atoms with Crippen molar-refractivity contribution in [2.75, 3.05) is 19.6 Å². The number of amides is 9. The molecule has 4 aromatic rings. The fraction of sp³-hybridized carbons (Fsp3) is 0.475. The number of phenols is 1. The van der Waals surface area contributed by atoms with Gasteiger partial charge in [0.25, 0.3) is 0 Å². The molecule has 1 aromatic heterocycles. The van der Waals surface area contributed by atoms with Crippen molar-refractivity contribution in [3.63, 3.8) is 0 Å². The fourth-order valence-corrected chi connectivity index (χ4v) is 8.58. The number of benzene rings is 3. The van der Waals surface area contributed by atoms with Crippen molar-refractivity contribution < 1.29 is 72.4 Å². The van der Waals surface area contributed by atoms with Gasteiger partial charge in [0.2, 0.25) is 47.3 Å². The number of nitrogens with one attached hydrogen (secondary N) is 9. The number of unbranched alkanes of at least 4 members (excludes halogenated alkanes) is 2. The van der Waals surface area contributed by atoms with E-state index in [9.17, 15) is 63.0 Å². The van der Waals surface area contributed by atoms with Crippen LogP contribution >= 0.6 is 0 Å². The van der Waals surface area contributed by atoms with E-state index >= 15 is 0 Å². The molecule has 0 spiro atoms. The summed E-state index contributed by atoms with van der Waals surface area (Å²) in [4.78, 5) is 147. The molecule has 0 aliphatic rings. The van der Waals surface area contributed by atoms with E-state index in [1.165, 1.54) is 12.1 Å². The molecular weight excluding hydrogens is 1100 g/mol. The van der Waals surface area contributed by atoms with Crippen LogP contribution in [0.3, 0.4) is 0 Å². The van der Waals surface area contributed by atoms with Gasteiger partial charge in [-0.15, -0.1) is 0 Å². The first kappa shape index (κ1) is 68.4. The molecule has 0 fully saturated rings. The molecule has 26 heteroatoms. The zero-order chi connectivity index (χ0) is 62.9. The number of aromatic nitrogens is 1. The van der Waals surface area contributed by atoms with E-state index in [2.05, 4.69) is 47.5 Å². The zero-order valence-corrected chi connectivity index (χ0v) is 48.8. The Morgan fingerprint density at radius 2 is 1.06 bits per heavy atom. The minimum absolute atomic E-state index is 0.00262. The lowest BCUT2D eigenvalue weighted by Crippen LogP contribution is -2.58. The number of carboxylic acids is 1. The normalized spacial score (nSPS) is 13.4. The van der Waals surface area contributed by atoms with Crippen LogP contribution in [0.15, 0.2) is 85.1 Å². The molecule has 0 unspecified atom stereocenters. The van der Waals surface area contributed by atoms with Crippen LogP contribution in [0.5, 0.6) is 5.75 Å². The molecule has 0 aliphatic carbocycles. The molecule has 6 atom stereocenters. The number of hydrogen-bond donors (Lipinski definition) is 13. The Morgan fingerprint density at radius 3 is 1.65 bits per heavy atom. The summed E-state index contributed by atoms with van der Waals surface area (Å²) >= 11 is 0. The van der Waals surface area contributed by atoms with E-state index in [0.717, 1.165) is 16.5 Å². The van der Waals surface area contributed by atoms with E-state index < -0.39 is 132 Å². The molecule has 26 nitrogen and oxygen atoms in total. The molecule has 0 radical (unpaired) electrons. The number of fused-ring (bicyclic) bond motifs is 1. The Balaban J connectivity index is 1.35. The number of phenolic OH excluding ortho intramolecular Hbond substituents is 1. The third-order valence-corrected chi connectivity index (χ3v) is 12.7. The van der Waals surface area contributed by atoms with E-state index in [4.69, 9.17) is 20.9 Å². The van der Waals surface area contributed by atoms with Crippen molar-refractivity contribution in [1.82, 2.24) is 47.5 Å². The fourth-order valence-electron chi connectivity index (χ4n) is 8.58. The lowest BCUT2D eigenvalue weighted by molar-refractivity contribution is -0.156. The number of aliphatic carboxylic acids is 1. The van der Waals surface area contributed by atoms with Gasteiger partial charge < -0.3 is 78.7 Å². The van der Waals surface area contributed by atoms with Crippen molar-refractivity contribution in [3.8, 4) is 5.75 Å². The lowest BCUT2D eigenvalue weighted by Gasteiger charge is -2.26. The maximum atomic E-state index is 14.2. The SMILES string of the molecule is CC(C)(C)OC(=O)C[C@H](NC(=O)[C@H](CCCCNC(=O)CC(=O)NCCCC[C@H](NC(=O)[C@H](Cc1ccc(O)cc1)NC(=O)OC(C)(C)C)C(=O)NCC(=O)O)NC(=O)[C@@H](N)Cc1c[nH]c2ccccc12)C(=O)N[C@@H](Cc1ccccc1)C(N)=O. The smallest absolute Gasteiger partial charge is 0.408 e. The van der Waals surface area contributed by atoms with Crippen LogP contribution in [0.1, 0.15) is 110 Å². The molecule has 0 saturated heterocycles. The third kappa shape index (κ3) is 25.9. The second kappa shape index (κ2) is 33.3. The third-order valence-electron chi connectivity index (χ3n) is 12.7. The first-order valence-corrected chi connectivity index (χ1v) is 27.9. The number of para-hydroxylation sites is 1. The highest BCUT2D eigenvalue weighted by Gasteiger charge is 2.34. The number of alkyl carbamates (subject to hydrolysis) is 1. The average molecular weight is 1180 g/mol. The molecule has 15 N–H and O–H groups in total. The number of rotatable bonds is 33. The molecule has 0 bridgehead atoms. The van der Waals surface area contributed by atoms with Crippen LogP contribution < -0.4 is 54.0 Å². The van der Waals surface area contributed by atoms with E-state index in [-0.39, 0.29) is 76.6 Å². The van der Waals surface area contributed by atoms with E-state index in [1.807, 2.05) is 24.3 Å². The number of H-pyrrole nitrogens is 1. The second-order valence-corrected chi connectivity index (χ2v) is 22.3. The number of primary amides is 1. The summed E-state index contributed by atoms with van der Waals surface area (Å²) in [6.07, 6.45) is 0.435. The number of ether oxygens (including phenoxy) is 2. The van der Waals surface area contributed by atoms with Gasteiger partial charge in [-0.1, -0.05) is 60.7 Å². The van der Waals surface area contributed by atoms with Gasteiger partial charge in [0, 0.05) is 43.0 Å². The van der Waals surface area contributed by atoms with Crippen molar-refractivity contribution in [2.45, 2.75) is 160 Å². The Bertz CT molecular complexity index is 2940. The highest BCUT2D eigenvalue weighted by Crippen LogP contribution is 2.20. The Labute approximate surface area is 492 Å². The summed E-state index contributed by atoms with van der Waals surface area (Å²) in [5.74, 6) is -8.47. The molecule has 4 rings (SSSR count). The van der Waals surface area contributed by atoms with Gasteiger partial charge >= 0.3 is 18.0 Å². The molecule has 3 aromatic carbocycles. The number of nitrogens with two attached hydrogens (primary N) is 2. The summed E-state index contributed by atoms with van der Waals surface area (Å²) in [5.41, 5.74) is 13.0. The number of hydrogen-bond acceptors (Lipinski definition) is 15. The zero-order valence-electron chi connectivity index (χ0n) is 48.8. The van der Waals surface area contributed by atoms with Crippen molar-refractivity contribution in [2.24, 2.45) is 11.5 Å². The van der Waals surface area contributed by atoms with Crippen LogP contribution in [0.4, 0.5) is 4.79 Å². The molecule has 85 heavy (non-hydrogen) atoms. The Kier molecular flexibility index (Phi) is 26.8. The summed E-state index contributed by atoms with van der Waals surface area (Å²) in [7, 11) is 0. The molecule has 462 valence electrons. The summed E-state index contributed by atoms with van der Waals surface area (Å²) in [6.45, 7) is 9.09. The Hall–Kier alpha value is -9.07. The van der Waals surface area contributed by atoms with E-state index in [1.54, 1.807) is 90.2 Å². The van der Waals surface area contributed by atoms with Gasteiger partial charge in [0.1, 0.15) is 60.1 Å². The predicted molar refractivity (Wildman–Crippen MR) is 311 cm³/mol. The van der Waals surface area contributed by atoms with Gasteiger partial charge in [-0.05, 0) is 121 Å². The first-order valence-electron chi connectivity index (χ1n) is 27.9. The van der Waals surface area contributed by atoms with Gasteiger partial charge in [0.15, 0.2) is 0 Å². The summed E-state index contributed by atoms with van der Waals surface area (Å²) in [6, 6.07) is 14.1. The Morgan fingerprint density at radius 1 is 0.553 bits per heavy atom. The van der Waals surface area contributed by atoms with Crippen LogP contribution in [0.2, 0.25) is 0 Å². The van der Waals surface area contributed by atoms with Gasteiger partial charge in [-0.2, -0.15) is 0 Å². The monoisotopic (exact) mass is 1180 g/mol. The molecule has 9 amide bonds. The quantitative estimate of drug-likeness (QED) is 0.0182. The molecular formula is C59H81N11O15. The number of aromatic amines is 1. The second-order valence-electron chi connectivity index (χ2n) is 22.3. The van der Waals surface area contributed by atoms with Crippen LogP contribution in [-0.4, -0.2) is 148 Å². The molecule has 0 aliphatic heterocycles. The van der Waals surface area contributed by atoms with Crippen molar-refractivity contribution >= 4 is 76.2 Å². The largest absolute Gasteiger partial charge is 0.508 e. The van der Waals surface area contributed by atoms with Crippen LogP contribution in [0.25, 0.3) is 10.9 Å². The standard InChI is InChI=1S/C59H81N11O15/c1-58(2,3)84-50(76)31-46(56(82)68-44(51(61)77)28-35-16-8-7-9-17-35)69-54(80)43(66-52(78)40(60)30-37-33-64-41-19-11-10-18-39(37)41)21-13-15-27-63-48(73)32-47(72)62-26-14-12-20-42(53(79)65-34-49(74)75)67-55(81)45(70-57(83)85-59(4,5)6)29-36-22-24-38(71)25-23-36/h7-11,16-19,22-25,33,40,42-46,64,71H,12-15,20-21,26-32,34,60H2,1-6H3,(H2,61,77)(H,62,72)(H,63,73)(H,65,79)(H,66,78)(H,67,81)(H,68,82)(H,69,80)(H,70,83)(H,74,75)/t40-,42-,43-,44-,45-,46-/m0/s1. The van der Waals surface area contributed by atoms with Crippen molar-refractivity contribution in [3.05, 3.63) is 102 Å². The van der Waals surface area contributed by atoms with Gasteiger partial charge in [-0.3, -0.25) is 47.9 Å². The predicted octanol–water partition coefficient (Wildman–Crippen LogP) is 1.44. The summed E-state index contributed by atoms with van der Waals surface area (Å²) < 4.78 is 10.8. The molecule has 0 saturated carbocycles. The van der Waals surface area contributed by atoms with Crippen LogP contribution in [0, 0.1) is 0 Å². The summed E-state index contributed by atoms with van der Waals surface area (Å²) in [5, 5.41) is 40.1. The lowest BCUT2D eigenvalue weighted by atomic mass is 10.0. The topological polar surface area (TPSA) is 411 Å².